The van der Waals surface area contributed by atoms with Crippen molar-refractivity contribution in [2.24, 2.45) is 0 Å². The van der Waals surface area contributed by atoms with Crippen LogP contribution in [0.5, 0.6) is 0 Å². The van der Waals surface area contributed by atoms with Crippen LogP contribution in [-0.4, -0.2) is 4.57 Å². The minimum atomic E-state index is 0.554. The van der Waals surface area contributed by atoms with E-state index in [1.165, 1.54) is 38.2 Å². The molecule has 0 aliphatic carbocycles. The Morgan fingerprint density at radius 3 is 1.64 bits per heavy atom. The van der Waals surface area contributed by atoms with Crippen molar-refractivity contribution in [1.82, 2.24) is 4.57 Å². The lowest BCUT2D eigenvalue weighted by molar-refractivity contribution is 1.10. The molecule has 0 saturated carbocycles. The molecule has 0 radical (unpaired) electrons. The van der Waals surface area contributed by atoms with Gasteiger partial charge in [0.25, 0.3) is 0 Å². The summed E-state index contributed by atoms with van der Waals surface area (Å²) in [5.74, 6) is 0. The zero-order valence-electron chi connectivity index (χ0n) is 27.6. The second kappa shape index (κ2) is 12.6. The minimum absolute atomic E-state index is 0.554. The van der Waals surface area contributed by atoms with Crippen molar-refractivity contribution in [3.05, 3.63) is 175 Å². The zero-order valence-corrected chi connectivity index (χ0v) is 27.6. The van der Waals surface area contributed by atoms with Gasteiger partial charge in [0.2, 0.25) is 0 Å². The Morgan fingerprint density at radius 1 is 0.580 bits per heavy atom. The molecule has 0 N–H and O–H groups in total. The predicted molar refractivity (Wildman–Crippen MR) is 209 cm³/mol. The third kappa shape index (κ3) is 4.98. The maximum Gasteiger partial charge on any atom is 0.101 e. The van der Waals surface area contributed by atoms with Gasteiger partial charge in [0, 0.05) is 16.5 Å². The van der Waals surface area contributed by atoms with Crippen LogP contribution in [0.4, 0.5) is 0 Å². The lowest BCUT2D eigenvalue weighted by Crippen LogP contribution is -2.01. The lowest BCUT2D eigenvalue weighted by atomic mass is 9.86. The maximum absolute atomic E-state index is 10.3. The van der Waals surface area contributed by atoms with E-state index >= 15 is 0 Å². The smallest absolute Gasteiger partial charge is 0.101 e. The van der Waals surface area contributed by atoms with Gasteiger partial charge in [-0.05, 0) is 92.2 Å². The summed E-state index contributed by atoms with van der Waals surface area (Å²) < 4.78 is 2.09. The SMILES string of the molecule is C=Cc1c(/C=C(\C)C#N)c2ccccc2n1-c1cc(-c2ccc(-c3c4ccccc4c(-c4ccccc4)c4ccccc34)cc2)ccc1C#N. The van der Waals surface area contributed by atoms with E-state index in [1.54, 1.807) is 13.0 Å². The Morgan fingerprint density at radius 2 is 1.08 bits per heavy atom. The van der Waals surface area contributed by atoms with Crippen LogP contribution in [-0.2, 0) is 0 Å². The Bertz CT molecular complexity index is 2670. The van der Waals surface area contributed by atoms with Gasteiger partial charge in [0.15, 0.2) is 0 Å². The van der Waals surface area contributed by atoms with Crippen molar-refractivity contribution in [2.75, 3.05) is 0 Å². The molecule has 1 heterocycles. The molecule has 234 valence electrons. The number of benzene rings is 7. The molecule has 3 heteroatoms. The van der Waals surface area contributed by atoms with Crippen molar-refractivity contribution >= 4 is 44.6 Å². The first-order valence-corrected chi connectivity index (χ1v) is 16.6. The third-order valence-electron chi connectivity index (χ3n) is 9.54. The number of nitriles is 2. The third-order valence-corrected chi connectivity index (χ3v) is 9.54. The van der Waals surface area contributed by atoms with Crippen LogP contribution >= 0.6 is 0 Å². The monoisotopic (exact) mass is 637 g/mol. The highest BCUT2D eigenvalue weighted by molar-refractivity contribution is 6.21. The number of nitrogens with zero attached hydrogens (tertiary/aromatic N) is 3. The van der Waals surface area contributed by atoms with Gasteiger partial charge in [-0.25, -0.2) is 0 Å². The van der Waals surface area contributed by atoms with Crippen LogP contribution in [0, 0.1) is 22.7 Å². The van der Waals surface area contributed by atoms with Crippen LogP contribution in [0.15, 0.2) is 158 Å². The highest BCUT2D eigenvalue weighted by atomic mass is 15.0. The molecular formula is C47H31N3. The Kier molecular flexibility index (Phi) is 7.65. The van der Waals surface area contributed by atoms with Gasteiger partial charge in [-0.15, -0.1) is 0 Å². The molecule has 1 aromatic heterocycles. The first-order chi connectivity index (χ1) is 24.6. The van der Waals surface area contributed by atoms with Crippen LogP contribution in [0.25, 0.3) is 83.7 Å². The molecule has 0 saturated heterocycles. The summed E-state index contributed by atoms with van der Waals surface area (Å²) in [6.07, 6.45) is 3.70. The van der Waals surface area contributed by atoms with E-state index in [4.69, 9.17) is 0 Å². The molecule has 0 spiro atoms. The van der Waals surface area contributed by atoms with Crippen LogP contribution in [0.2, 0.25) is 0 Å². The quantitative estimate of drug-likeness (QED) is 0.135. The molecule has 0 aliphatic rings. The molecule has 8 rings (SSSR count). The van der Waals surface area contributed by atoms with Crippen LogP contribution < -0.4 is 0 Å². The minimum Gasteiger partial charge on any atom is -0.308 e. The topological polar surface area (TPSA) is 52.5 Å². The lowest BCUT2D eigenvalue weighted by Gasteiger charge is -2.18. The Labute approximate surface area is 291 Å². The zero-order chi connectivity index (χ0) is 34.2. The van der Waals surface area contributed by atoms with Crippen molar-refractivity contribution in [2.45, 2.75) is 6.92 Å². The van der Waals surface area contributed by atoms with E-state index in [9.17, 15) is 10.5 Å². The van der Waals surface area contributed by atoms with Gasteiger partial charge in [0.05, 0.1) is 28.5 Å². The first kappa shape index (κ1) is 30.4. The summed E-state index contributed by atoms with van der Waals surface area (Å²) >= 11 is 0. The van der Waals surface area contributed by atoms with Crippen molar-refractivity contribution in [1.29, 1.82) is 10.5 Å². The normalized spacial score (nSPS) is 11.5. The average molecular weight is 638 g/mol. The fourth-order valence-corrected chi connectivity index (χ4v) is 7.32. The van der Waals surface area contributed by atoms with Gasteiger partial charge >= 0.3 is 0 Å². The number of para-hydroxylation sites is 1. The number of hydrogen-bond acceptors (Lipinski definition) is 2. The highest BCUT2D eigenvalue weighted by Gasteiger charge is 2.19. The molecule has 0 aliphatic heterocycles. The van der Waals surface area contributed by atoms with Crippen LogP contribution in [0.3, 0.4) is 0 Å². The Hall–Kier alpha value is -6.94. The summed E-state index contributed by atoms with van der Waals surface area (Å²) in [6.45, 7) is 5.93. The molecule has 0 atom stereocenters. The molecule has 7 aromatic carbocycles. The molecule has 8 aromatic rings. The number of allylic oxidation sites excluding steroid dienone is 1. The largest absolute Gasteiger partial charge is 0.308 e. The van der Waals surface area contributed by atoms with E-state index in [-0.39, 0.29) is 0 Å². The fourth-order valence-electron chi connectivity index (χ4n) is 7.32. The van der Waals surface area contributed by atoms with E-state index in [2.05, 4.69) is 132 Å². The molecule has 0 unspecified atom stereocenters. The summed E-state index contributed by atoms with van der Waals surface area (Å²) in [5.41, 5.74) is 11.5. The van der Waals surface area contributed by atoms with Gasteiger partial charge in [-0.1, -0.05) is 134 Å². The second-order valence-electron chi connectivity index (χ2n) is 12.4. The molecule has 0 bridgehead atoms. The van der Waals surface area contributed by atoms with Gasteiger partial charge in [0.1, 0.15) is 6.07 Å². The van der Waals surface area contributed by atoms with Crippen LogP contribution in [0.1, 0.15) is 23.7 Å². The maximum atomic E-state index is 10.3. The first-order valence-electron chi connectivity index (χ1n) is 16.6. The number of rotatable bonds is 6. The molecule has 0 amide bonds. The molecule has 0 fully saturated rings. The average Bonchev–Trinajstić information content (AvgIpc) is 3.49. The van der Waals surface area contributed by atoms with Crippen molar-refractivity contribution in [3.63, 3.8) is 0 Å². The number of hydrogen-bond donors (Lipinski definition) is 0. The van der Waals surface area contributed by atoms with E-state index in [0.29, 0.717) is 11.1 Å². The summed E-state index contributed by atoms with van der Waals surface area (Å²) in [7, 11) is 0. The van der Waals surface area contributed by atoms with Gasteiger partial charge < -0.3 is 4.57 Å². The van der Waals surface area contributed by atoms with E-state index < -0.39 is 0 Å². The van der Waals surface area contributed by atoms with E-state index in [1.807, 2.05) is 42.5 Å². The van der Waals surface area contributed by atoms with Crippen molar-refractivity contribution < 1.29 is 0 Å². The van der Waals surface area contributed by atoms with E-state index in [0.717, 1.165) is 44.5 Å². The number of fused-ring (bicyclic) bond motifs is 3. The highest BCUT2D eigenvalue weighted by Crippen LogP contribution is 2.44. The second-order valence-corrected chi connectivity index (χ2v) is 12.4. The number of aromatic nitrogens is 1. The summed E-state index contributed by atoms with van der Waals surface area (Å²) in [5, 5.41) is 25.7. The van der Waals surface area contributed by atoms with Crippen molar-refractivity contribution in [3.8, 4) is 51.2 Å². The molecule has 3 nitrogen and oxygen atoms in total. The molecular weight excluding hydrogens is 607 g/mol. The summed E-state index contributed by atoms with van der Waals surface area (Å²) in [4.78, 5) is 0. The molecule has 50 heavy (non-hydrogen) atoms. The summed E-state index contributed by atoms with van der Waals surface area (Å²) in [6, 6.07) is 55.5. The Balaban J connectivity index is 1.29. The van der Waals surface area contributed by atoms with Gasteiger partial charge in [-0.3, -0.25) is 0 Å². The predicted octanol–water partition coefficient (Wildman–Crippen LogP) is 12.4. The standard InChI is InChI=1S/C47H31N3/c1-3-43-42(27-31(2)29-48)37-15-11-12-20-44(37)50(43)45-28-35(25-26-36(45)30-49)32-21-23-34(24-22-32)47-40-18-9-7-16-38(40)46(33-13-5-4-6-14-33)39-17-8-10-19-41(39)47/h3-28H,1H2,2H3/b31-27+. The fraction of sp³-hybridized carbons (Fsp3) is 0.0213. The van der Waals surface area contributed by atoms with Gasteiger partial charge in [-0.2, -0.15) is 10.5 Å².